The summed E-state index contributed by atoms with van der Waals surface area (Å²) in [6.07, 6.45) is 0. The lowest BCUT2D eigenvalue weighted by atomic mass is 10.1. The van der Waals surface area contributed by atoms with Crippen LogP contribution in [0.4, 0.5) is 5.69 Å². The monoisotopic (exact) mass is 305 g/mol. The quantitative estimate of drug-likeness (QED) is 0.782. The van der Waals surface area contributed by atoms with Gasteiger partial charge in [-0.05, 0) is 29.7 Å². The van der Waals surface area contributed by atoms with Gasteiger partial charge in [-0.3, -0.25) is 4.79 Å². The molecule has 3 aromatic carbocycles. The largest absolute Gasteiger partial charge is 0.486 e. The summed E-state index contributed by atoms with van der Waals surface area (Å²) in [4.78, 5) is 12.5. The molecule has 23 heavy (non-hydrogen) atoms. The fraction of sp³-hybridized carbons (Fsp3) is 0.105. The first-order valence-electron chi connectivity index (χ1n) is 7.50. The minimum absolute atomic E-state index is 0.168. The lowest BCUT2D eigenvalue weighted by molar-refractivity contribution is 0.102. The molecule has 4 nitrogen and oxygen atoms in total. The zero-order valence-corrected chi connectivity index (χ0v) is 12.4. The van der Waals surface area contributed by atoms with Crippen LogP contribution in [-0.2, 0) is 0 Å². The van der Waals surface area contributed by atoms with E-state index in [0.717, 1.165) is 16.5 Å². The van der Waals surface area contributed by atoms with Crippen LogP contribution in [0.2, 0.25) is 0 Å². The molecule has 0 aromatic heterocycles. The van der Waals surface area contributed by atoms with Gasteiger partial charge >= 0.3 is 0 Å². The van der Waals surface area contributed by atoms with E-state index in [-0.39, 0.29) is 5.91 Å². The molecule has 4 rings (SSSR count). The van der Waals surface area contributed by atoms with Crippen molar-refractivity contribution in [2.75, 3.05) is 18.5 Å². The van der Waals surface area contributed by atoms with E-state index in [4.69, 9.17) is 9.47 Å². The highest BCUT2D eigenvalue weighted by atomic mass is 16.6. The molecule has 0 radical (unpaired) electrons. The van der Waals surface area contributed by atoms with E-state index >= 15 is 0 Å². The second-order valence-electron chi connectivity index (χ2n) is 5.34. The summed E-state index contributed by atoms with van der Waals surface area (Å²) in [5, 5.41) is 5.08. The molecule has 0 unspecified atom stereocenters. The summed E-state index contributed by atoms with van der Waals surface area (Å²) in [6, 6.07) is 19.0. The first-order chi connectivity index (χ1) is 11.3. The summed E-state index contributed by atoms with van der Waals surface area (Å²) >= 11 is 0. The third-order valence-electron chi connectivity index (χ3n) is 3.84. The highest BCUT2D eigenvalue weighted by molar-refractivity contribution is 6.09. The van der Waals surface area contributed by atoms with Gasteiger partial charge in [0.2, 0.25) is 0 Å². The molecule has 0 spiro atoms. The minimum atomic E-state index is -0.168. The first-order valence-corrected chi connectivity index (χ1v) is 7.50. The molecule has 4 heteroatoms. The van der Waals surface area contributed by atoms with Crippen LogP contribution in [0.1, 0.15) is 10.4 Å². The van der Waals surface area contributed by atoms with E-state index in [2.05, 4.69) is 5.32 Å². The summed E-state index contributed by atoms with van der Waals surface area (Å²) < 4.78 is 11.0. The Bertz CT molecular complexity index is 883. The second-order valence-corrected chi connectivity index (χ2v) is 5.34. The zero-order valence-electron chi connectivity index (χ0n) is 12.4. The SMILES string of the molecule is O=C(Nc1cccc2ccccc12)c1ccc2c(c1)OCCO2. The first kappa shape index (κ1) is 13.6. The van der Waals surface area contributed by atoms with Crippen molar-refractivity contribution in [1.29, 1.82) is 0 Å². The summed E-state index contributed by atoms with van der Waals surface area (Å²) in [5.41, 5.74) is 1.34. The maximum atomic E-state index is 12.5. The maximum Gasteiger partial charge on any atom is 0.255 e. The number of anilines is 1. The molecule has 0 aliphatic carbocycles. The standard InChI is InChI=1S/C19H15NO3/c21-19(14-8-9-17-18(12-14)23-11-10-22-17)20-16-7-3-5-13-4-1-2-6-15(13)16/h1-9,12H,10-11H2,(H,20,21). The predicted octanol–water partition coefficient (Wildman–Crippen LogP) is 3.86. The Morgan fingerprint density at radius 1 is 0.870 bits per heavy atom. The molecule has 0 saturated heterocycles. The van der Waals surface area contributed by atoms with Crippen molar-refractivity contribution in [1.82, 2.24) is 0 Å². The van der Waals surface area contributed by atoms with Crippen molar-refractivity contribution in [3.8, 4) is 11.5 Å². The van der Waals surface area contributed by atoms with Gasteiger partial charge in [0, 0.05) is 16.6 Å². The van der Waals surface area contributed by atoms with Gasteiger partial charge < -0.3 is 14.8 Å². The van der Waals surface area contributed by atoms with Crippen LogP contribution in [0.3, 0.4) is 0 Å². The highest BCUT2D eigenvalue weighted by Gasteiger charge is 2.15. The molecular formula is C19H15NO3. The topological polar surface area (TPSA) is 47.6 Å². The van der Waals surface area contributed by atoms with Crippen molar-refractivity contribution in [2.45, 2.75) is 0 Å². The van der Waals surface area contributed by atoms with E-state index in [0.29, 0.717) is 30.3 Å². The Kier molecular flexibility index (Phi) is 3.35. The average Bonchev–Trinajstić information content (AvgIpc) is 2.61. The average molecular weight is 305 g/mol. The fourth-order valence-corrected chi connectivity index (χ4v) is 2.71. The van der Waals surface area contributed by atoms with Crippen LogP contribution in [0.5, 0.6) is 11.5 Å². The normalized spacial score (nSPS) is 12.9. The van der Waals surface area contributed by atoms with E-state index in [1.807, 2.05) is 42.5 Å². The zero-order chi connectivity index (χ0) is 15.6. The van der Waals surface area contributed by atoms with Crippen molar-refractivity contribution >= 4 is 22.4 Å². The molecule has 114 valence electrons. The van der Waals surface area contributed by atoms with Crippen LogP contribution < -0.4 is 14.8 Å². The highest BCUT2D eigenvalue weighted by Crippen LogP contribution is 2.31. The van der Waals surface area contributed by atoms with Gasteiger partial charge in [-0.2, -0.15) is 0 Å². The molecule has 1 amide bonds. The van der Waals surface area contributed by atoms with Gasteiger partial charge in [-0.1, -0.05) is 36.4 Å². The van der Waals surface area contributed by atoms with Crippen LogP contribution in [-0.4, -0.2) is 19.1 Å². The molecule has 0 fully saturated rings. The van der Waals surface area contributed by atoms with E-state index < -0.39 is 0 Å². The number of amides is 1. The third kappa shape index (κ3) is 2.59. The Labute approximate surface area is 133 Å². The lowest BCUT2D eigenvalue weighted by Gasteiger charge is -2.18. The van der Waals surface area contributed by atoms with Gasteiger partial charge in [-0.15, -0.1) is 0 Å². The van der Waals surface area contributed by atoms with Crippen molar-refractivity contribution in [3.05, 3.63) is 66.2 Å². The molecule has 1 aliphatic heterocycles. The summed E-state index contributed by atoms with van der Waals surface area (Å²) in [5.74, 6) is 1.12. The molecule has 1 N–H and O–H groups in total. The number of hydrogen-bond donors (Lipinski definition) is 1. The van der Waals surface area contributed by atoms with Gasteiger partial charge in [0.05, 0.1) is 0 Å². The van der Waals surface area contributed by atoms with Crippen LogP contribution >= 0.6 is 0 Å². The fourth-order valence-electron chi connectivity index (χ4n) is 2.71. The molecule has 1 heterocycles. The van der Waals surface area contributed by atoms with Crippen molar-refractivity contribution in [3.63, 3.8) is 0 Å². The van der Waals surface area contributed by atoms with Crippen LogP contribution in [0.15, 0.2) is 60.7 Å². The second kappa shape index (κ2) is 5.65. The number of ether oxygens (including phenoxy) is 2. The van der Waals surface area contributed by atoms with Gasteiger partial charge in [-0.25, -0.2) is 0 Å². The van der Waals surface area contributed by atoms with E-state index in [1.165, 1.54) is 0 Å². The molecule has 0 atom stereocenters. The summed E-state index contributed by atoms with van der Waals surface area (Å²) in [6.45, 7) is 1.04. The van der Waals surface area contributed by atoms with Gasteiger partial charge in [0.25, 0.3) is 5.91 Å². The Morgan fingerprint density at radius 2 is 1.65 bits per heavy atom. The van der Waals surface area contributed by atoms with E-state index in [1.54, 1.807) is 18.2 Å². The Morgan fingerprint density at radius 3 is 2.57 bits per heavy atom. The number of hydrogen-bond acceptors (Lipinski definition) is 3. The maximum absolute atomic E-state index is 12.5. The minimum Gasteiger partial charge on any atom is -0.486 e. The number of rotatable bonds is 2. The predicted molar refractivity (Wildman–Crippen MR) is 89.3 cm³/mol. The smallest absolute Gasteiger partial charge is 0.255 e. The molecule has 3 aromatic rings. The third-order valence-corrected chi connectivity index (χ3v) is 3.84. The van der Waals surface area contributed by atoms with Crippen molar-refractivity contribution in [2.24, 2.45) is 0 Å². The number of fused-ring (bicyclic) bond motifs is 2. The van der Waals surface area contributed by atoms with Gasteiger partial charge in [0.1, 0.15) is 13.2 Å². The number of carbonyl (C=O) groups excluding carboxylic acids is 1. The number of nitrogens with one attached hydrogen (secondary N) is 1. The molecule has 1 aliphatic rings. The van der Waals surface area contributed by atoms with Crippen LogP contribution in [0.25, 0.3) is 10.8 Å². The van der Waals surface area contributed by atoms with Crippen LogP contribution in [0, 0.1) is 0 Å². The number of carbonyl (C=O) groups is 1. The molecule has 0 bridgehead atoms. The molecule has 0 saturated carbocycles. The van der Waals surface area contributed by atoms with Crippen molar-refractivity contribution < 1.29 is 14.3 Å². The lowest BCUT2D eigenvalue weighted by Crippen LogP contribution is -2.17. The van der Waals surface area contributed by atoms with E-state index in [9.17, 15) is 4.79 Å². The Hall–Kier alpha value is -3.01. The Balaban J connectivity index is 1.64. The summed E-state index contributed by atoms with van der Waals surface area (Å²) in [7, 11) is 0. The van der Waals surface area contributed by atoms with Gasteiger partial charge in [0.15, 0.2) is 11.5 Å². The number of benzene rings is 3. The molecular weight excluding hydrogens is 290 g/mol.